The highest BCUT2D eigenvalue weighted by atomic mass is 16.2. The van der Waals surface area contributed by atoms with Gasteiger partial charge in [0.1, 0.15) is 6.04 Å². The molecule has 2 amide bonds. The summed E-state index contributed by atoms with van der Waals surface area (Å²) in [5.41, 5.74) is 0. The van der Waals surface area contributed by atoms with E-state index in [1.807, 2.05) is 7.05 Å². The molecule has 6 nitrogen and oxygen atoms in total. The molecule has 3 atom stereocenters. The fourth-order valence-electron chi connectivity index (χ4n) is 4.04. The molecule has 0 unspecified atom stereocenters. The van der Waals surface area contributed by atoms with Gasteiger partial charge in [0.25, 0.3) is 0 Å². The van der Waals surface area contributed by atoms with E-state index in [2.05, 4.69) is 22.5 Å². The first kappa shape index (κ1) is 19.2. The number of likely N-dealkylation sites (tertiary alicyclic amines) is 1. The summed E-state index contributed by atoms with van der Waals surface area (Å²) in [7, 11) is 5.36. The zero-order valence-corrected chi connectivity index (χ0v) is 15.7. The van der Waals surface area contributed by atoms with Crippen LogP contribution in [0.2, 0.25) is 0 Å². The summed E-state index contributed by atoms with van der Waals surface area (Å²) in [5.74, 6) is 0.599. The highest BCUT2D eigenvalue weighted by Gasteiger charge is 2.41. The zero-order chi connectivity index (χ0) is 17.7. The maximum absolute atomic E-state index is 12.9. The Morgan fingerprint density at radius 3 is 2.33 bits per heavy atom. The number of nitrogens with zero attached hydrogens (tertiary/aromatic N) is 2. The minimum absolute atomic E-state index is 0.0380. The monoisotopic (exact) mass is 338 g/mol. The molecule has 2 rings (SSSR count). The minimum atomic E-state index is -0.349. The van der Waals surface area contributed by atoms with Gasteiger partial charge < -0.3 is 15.5 Å². The van der Waals surface area contributed by atoms with E-state index in [9.17, 15) is 9.59 Å². The number of hydrogen-bond donors (Lipinski definition) is 2. The van der Waals surface area contributed by atoms with E-state index in [1.165, 1.54) is 32.1 Å². The Balaban J connectivity index is 2.02. The molecule has 1 aliphatic heterocycles. The molecule has 0 aromatic rings. The van der Waals surface area contributed by atoms with Crippen LogP contribution in [-0.4, -0.2) is 67.6 Å². The first-order valence-electron chi connectivity index (χ1n) is 9.40. The normalized spacial score (nSPS) is 24.8. The summed E-state index contributed by atoms with van der Waals surface area (Å²) >= 11 is 0. The summed E-state index contributed by atoms with van der Waals surface area (Å²) in [4.78, 5) is 29.2. The Morgan fingerprint density at radius 1 is 1.17 bits per heavy atom. The fourth-order valence-corrected chi connectivity index (χ4v) is 4.04. The molecule has 0 aromatic heterocycles. The maximum atomic E-state index is 12.9. The number of hydrogen-bond acceptors (Lipinski definition) is 4. The van der Waals surface area contributed by atoms with Crippen molar-refractivity contribution in [1.29, 1.82) is 0 Å². The Kier molecular flexibility index (Phi) is 7.04. The van der Waals surface area contributed by atoms with Crippen molar-refractivity contribution in [2.45, 2.75) is 70.1 Å². The van der Waals surface area contributed by atoms with Crippen LogP contribution in [0.15, 0.2) is 0 Å². The second-order valence-electron chi connectivity index (χ2n) is 7.33. The molecule has 1 saturated carbocycles. The molecule has 0 aromatic carbocycles. The quantitative estimate of drug-likeness (QED) is 0.731. The molecule has 2 fully saturated rings. The Bertz CT molecular complexity index is 437. The van der Waals surface area contributed by atoms with Crippen LogP contribution in [0.25, 0.3) is 0 Å². The average molecular weight is 338 g/mol. The van der Waals surface area contributed by atoms with Crippen LogP contribution < -0.4 is 10.6 Å². The highest BCUT2D eigenvalue weighted by Crippen LogP contribution is 2.29. The van der Waals surface area contributed by atoms with E-state index in [-0.39, 0.29) is 30.1 Å². The zero-order valence-electron chi connectivity index (χ0n) is 15.7. The van der Waals surface area contributed by atoms with Crippen molar-refractivity contribution in [3.05, 3.63) is 0 Å². The molecule has 6 heteroatoms. The van der Waals surface area contributed by atoms with E-state index in [0.717, 1.165) is 19.4 Å². The van der Waals surface area contributed by atoms with Crippen LogP contribution in [0.4, 0.5) is 0 Å². The number of amides is 2. The Hall–Kier alpha value is -1.14. The van der Waals surface area contributed by atoms with Gasteiger partial charge in [0, 0.05) is 20.6 Å². The summed E-state index contributed by atoms with van der Waals surface area (Å²) < 4.78 is 0. The maximum Gasteiger partial charge on any atom is 0.242 e. The predicted molar refractivity (Wildman–Crippen MR) is 95.4 cm³/mol. The van der Waals surface area contributed by atoms with Gasteiger partial charge in [0.2, 0.25) is 11.8 Å². The van der Waals surface area contributed by atoms with E-state index in [0.29, 0.717) is 5.92 Å². The van der Waals surface area contributed by atoms with Gasteiger partial charge in [0.15, 0.2) is 0 Å². The van der Waals surface area contributed by atoms with E-state index >= 15 is 0 Å². The molecule has 0 radical (unpaired) electrons. The van der Waals surface area contributed by atoms with Gasteiger partial charge in [-0.2, -0.15) is 0 Å². The van der Waals surface area contributed by atoms with Crippen LogP contribution in [-0.2, 0) is 9.59 Å². The third-order valence-corrected chi connectivity index (χ3v) is 5.91. The summed E-state index contributed by atoms with van der Waals surface area (Å²) in [6.45, 7) is 3.00. The van der Waals surface area contributed by atoms with Gasteiger partial charge >= 0.3 is 0 Å². The van der Waals surface area contributed by atoms with Gasteiger partial charge in [-0.05, 0) is 32.7 Å². The molecule has 138 valence electrons. The molecular formula is C18H34N4O2. The molecule has 24 heavy (non-hydrogen) atoms. The van der Waals surface area contributed by atoms with Gasteiger partial charge in [0.05, 0.1) is 12.2 Å². The highest BCUT2D eigenvalue weighted by molar-refractivity contribution is 5.90. The van der Waals surface area contributed by atoms with Crippen molar-refractivity contribution in [1.82, 2.24) is 20.4 Å². The third kappa shape index (κ3) is 4.28. The number of likely N-dealkylation sites (N-methyl/N-ethyl adjacent to an activating group) is 2. The Labute approximate surface area is 146 Å². The van der Waals surface area contributed by atoms with Crippen LogP contribution >= 0.6 is 0 Å². The number of carbonyl (C=O) groups is 2. The number of carbonyl (C=O) groups excluding carboxylic acids is 2. The first-order chi connectivity index (χ1) is 11.5. The molecule has 0 bridgehead atoms. The van der Waals surface area contributed by atoms with Gasteiger partial charge in [-0.15, -0.1) is 0 Å². The first-order valence-corrected chi connectivity index (χ1v) is 9.40. The molecule has 1 aliphatic carbocycles. The second kappa shape index (κ2) is 8.81. The smallest absolute Gasteiger partial charge is 0.242 e. The van der Waals surface area contributed by atoms with Crippen LogP contribution in [0.1, 0.15) is 51.9 Å². The second-order valence-corrected chi connectivity index (χ2v) is 7.33. The van der Waals surface area contributed by atoms with Crippen molar-refractivity contribution >= 4 is 11.8 Å². The molecule has 2 N–H and O–H groups in total. The van der Waals surface area contributed by atoms with Gasteiger partial charge in [-0.25, -0.2) is 0 Å². The lowest BCUT2D eigenvalue weighted by atomic mass is 9.84. The summed E-state index contributed by atoms with van der Waals surface area (Å²) in [6, 6.07) is -0.450. The Morgan fingerprint density at radius 2 is 1.83 bits per heavy atom. The lowest BCUT2D eigenvalue weighted by Gasteiger charge is -2.46. The number of rotatable bonds is 7. The minimum Gasteiger partial charge on any atom is -0.357 e. The average Bonchev–Trinajstić information content (AvgIpc) is 2.58. The molecular weight excluding hydrogens is 304 g/mol. The van der Waals surface area contributed by atoms with E-state index in [1.54, 1.807) is 19.0 Å². The summed E-state index contributed by atoms with van der Waals surface area (Å²) in [6.07, 6.45) is 8.00. The third-order valence-electron chi connectivity index (χ3n) is 5.91. The summed E-state index contributed by atoms with van der Waals surface area (Å²) in [5, 5.41) is 5.95. The topological polar surface area (TPSA) is 64.7 Å². The number of nitrogens with one attached hydrogen (secondary N) is 2. The largest absolute Gasteiger partial charge is 0.357 e. The SMILES string of the molecule is CNC(=O)[C@H](CC1CCCCC1)N(C)C(=O)[C@@H]1CCN1[C@H](C)NC. The van der Waals surface area contributed by atoms with Crippen LogP contribution in [0, 0.1) is 5.92 Å². The van der Waals surface area contributed by atoms with Gasteiger partial charge in [-0.1, -0.05) is 32.1 Å². The standard InChI is InChI=1S/C18H34N4O2/c1-13(19-2)22-11-10-15(22)18(24)21(4)16(17(23)20-3)12-14-8-6-5-7-9-14/h13-16,19H,5-12H2,1-4H3,(H,20,23)/t13-,15+,16+/m1/s1. The van der Waals surface area contributed by atoms with E-state index < -0.39 is 0 Å². The van der Waals surface area contributed by atoms with Crippen molar-refractivity contribution < 1.29 is 9.59 Å². The molecule has 1 saturated heterocycles. The predicted octanol–water partition coefficient (Wildman–Crippen LogP) is 1.17. The van der Waals surface area contributed by atoms with Crippen molar-refractivity contribution in [3.8, 4) is 0 Å². The molecule has 1 heterocycles. The molecule has 0 spiro atoms. The fraction of sp³-hybridized carbons (Fsp3) is 0.889. The van der Waals surface area contributed by atoms with Crippen molar-refractivity contribution in [2.75, 3.05) is 27.7 Å². The lowest BCUT2D eigenvalue weighted by Crippen LogP contribution is -2.63. The molecule has 2 aliphatic rings. The van der Waals surface area contributed by atoms with Crippen molar-refractivity contribution in [2.24, 2.45) is 5.92 Å². The lowest BCUT2D eigenvalue weighted by molar-refractivity contribution is -0.149. The van der Waals surface area contributed by atoms with Crippen molar-refractivity contribution in [3.63, 3.8) is 0 Å². The van der Waals surface area contributed by atoms with Crippen LogP contribution in [0.5, 0.6) is 0 Å². The van der Waals surface area contributed by atoms with Gasteiger partial charge in [-0.3, -0.25) is 14.5 Å². The van der Waals surface area contributed by atoms with E-state index in [4.69, 9.17) is 0 Å². The van der Waals surface area contributed by atoms with Crippen LogP contribution in [0.3, 0.4) is 0 Å².